The van der Waals surface area contributed by atoms with Crippen LogP contribution in [0.15, 0.2) is 18.6 Å². The van der Waals surface area contributed by atoms with Gasteiger partial charge in [-0.05, 0) is 12.3 Å². The van der Waals surface area contributed by atoms with Crippen LogP contribution in [0, 0.1) is 0 Å². The number of thioether (sulfide) groups is 1. The molecule has 0 aliphatic carbocycles. The highest BCUT2D eigenvalue weighted by atomic mass is 32.2. The van der Waals surface area contributed by atoms with E-state index in [0.29, 0.717) is 22.6 Å². The van der Waals surface area contributed by atoms with Crippen molar-refractivity contribution in [3.63, 3.8) is 0 Å². The van der Waals surface area contributed by atoms with Crippen molar-refractivity contribution >= 4 is 28.6 Å². The summed E-state index contributed by atoms with van der Waals surface area (Å²) in [6.45, 7) is 0. The molecule has 1 aliphatic heterocycles. The topological polar surface area (TPSA) is 106 Å². The molecule has 108 valence electrons. The number of rotatable bonds is 3. The van der Waals surface area contributed by atoms with Crippen LogP contribution >= 0.6 is 11.8 Å². The number of hydrogen-bond acceptors (Lipinski definition) is 7. The van der Waals surface area contributed by atoms with E-state index in [1.807, 2.05) is 6.26 Å². The van der Waals surface area contributed by atoms with E-state index in [2.05, 4.69) is 9.97 Å². The Labute approximate surface area is 119 Å². The van der Waals surface area contributed by atoms with Crippen molar-refractivity contribution in [1.82, 2.24) is 14.5 Å². The van der Waals surface area contributed by atoms with Crippen LogP contribution in [-0.2, 0) is 4.74 Å². The van der Waals surface area contributed by atoms with Gasteiger partial charge < -0.3 is 25.3 Å². The second-order valence-corrected chi connectivity index (χ2v) is 5.63. The standard InChI is InChI=1S/C12H16N4O3S/c1-20-4-7-8(17)9(18)12(19-7)16-3-2-6-10(13)14-5-15-11(6)16/h2-3,5,7-9,12,17-18H,4H2,1H3,(H2,13,14,15)/t7-,8-,9-,12-/m1/s1. The monoisotopic (exact) mass is 296 g/mol. The Morgan fingerprint density at radius 1 is 1.40 bits per heavy atom. The van der Waals surface area contributed by atoms with Crippen LogP contribution in [0.3, 0.4) is 0 Å². The lowest BCUT2D eigenvalue weighted by Crippen LogP contribution is -2.32. The summed E-state index contributed by atoms with van der Waals surface area (Å²) in [5.41, 5.74) is 6.37. The van der Waals surface area contributed by atoms with E-state index in [1.165, 1.54) is 6.33 Å². The highest BCUT2D eigenvalue weighted by Gasteiger charge is 2.43. The Hall–Kier alpha value is -1.35. The molecule has 1 fully saturated rings. The second-order valence-electron chi connectivity index (χ2n) is 4.72. The Kier molecular flexibility index (Phi) is 3.55. The number of fused-ring (bicyclic) bond motifs is 1. The van der Waals surface area contributed by atoms with Gasteiger partial charge in [0.25, 0.3) is 0 Å². The summed E-state index contributed by atoms with van der Waals surface area (Å²) < 4.78 is 7.44. The molecule has 0 bridgehead atoms. The Morgan fingerprint density at radius 2 is 2.20 bits per heavy atom. The number of nitrogens with two attached hydrogens (primary N) is 1. The van der Waals surface area contributed by atoms with E-state index >= 15 is 0 Å². The molecule has 4 N–H and O–H groups in total. The zero-order valence-corrected chi connectivity index (χ0v) is 11.7. The van der Waals surface area contributed by atoms with Gasteiger partial charge in [-0.25, -0.2) is 9.97 Å². The molecular formula is C12H16N4O3S. The maximum absolute atomic E-state index is 10.2. The summed E-state index contributed by atoms with van der Waals surface area (Å²) >= 11 is 1.56. The number of anilines is 1. The predicted octanol–water partition coefficient (Wildman–Crippen LogP) is -0.00430. The highest BCUT2D eigenvalue weighted by molar-refractivity contribution is 7.98. The van der Waals surface area contributed by atoms with Crippen molar-refractivity contribution in [2.24, 2.45) is 0 Å². The zero-order chi connectivity index (χ0) is 14.3. The zero-order valence-electron chi connectivity index (χ0n) is 10.9. The predicted molar refractivity (Wildman–Crippen MR) is 76.2 cm³/mol. The molecule has 0 unspecified atom stereocenters. The number of ether oxygens (including phenoxy) is 1. The number of hydrogen-bond donors (Lipinski definition) is 3. The van der Waals surface area contributed by atoms with Crippen molar-refractivity contribution in [3.05, 3.63) is 18.6 Å². The first kappa shape index (κ1) is 13.6. The Balaban J connectivity index is 1.97. The Bertz CT molecular complexity index is 620. The molecule has 0 amide bonds. The van der Waals surface area contributed by atoms with Gasteiger partial charge in [0.05, 0.1) is 11.5 Å². The maximum atomic E-state index is 10.2. The molecule has 2 aromatic rings. The Morgan fingerprint density at radius 3 is 2.95 bits per heavy atom. The van der Waals surface area contributed by atoms with Gasteiger partial charge in [-0.3, -0.25) is 0 Å². The third-order valence-electron chi connectivity index (χ3n) is 3.48. The fourth-order valence-electron chi connectivity index (χ4n) is 2.46. The molecule has 3 rings (SSSR count). The van der Waals surface area contributed by atoms with Crippen LogP contribution in [0.25, 0.3) is 11.0 Å². The minimum Gasteiger partial charge on any atom is -0.387 e. The molecule has 3 heterocycles. The van der Waals surface area contributed by atoms with Crippen molar-refractivity contribution in [2.75, 3.05) is 17.7 Å². The van der Waals surface area contributed by atoms with E-state index in [9.17, 15) is 10.2 Å². The molecule has 4 atom stereocenters. The lowest BCUT2D eigenvalue weighted by Gasteiger charge is -2.17. The van der Waals surface area contributed by atoms with Crippen LogP contribution in [0.2, 0.25) is 0 Å². The minimum atomic E-state index is -1.00. The molecule has 8 heteroatoms. The van der Waals surface area contributed by atoms with Crippen LogP contribution < -0.4 is 5.73 Å². The summed E-state index contributed by atoms with van der Waals surface area (Å²) in [5, 5.41) is 20.9. The van der Waals surface area contributed by atoms with Crippen LogP contribution in [0.4, 0.5) is 5.82 Å². The average molecular weight is 296 g/mol. The first-order chi connectivity index (χ1) is 9.63. The number of nitrogens with zero attached hydrogens (tertiary/aromatic N) is 3. The molecular weight excluding hydrogens is 280 g/mol. The smallest absolute Gasteiger partial charge is 0.164 e. The van der Waals surface area contributed by atoms with Crippen LogP contribution in [0.1, 0.15) is 6.23 Å². The number of aliphatic hydroxyl groups is 2. The molecule has 20 heavy (non-hydrogen) atoms. The van der Waals surface area contributed by atoms with Crippen molar-refractivity contribution in [1.29, 1.82) is 0 Å². The van der Waals surface area contributed by atoms with Gasteiger partial charge in [0.15, 0.2) is 6.23 Å². The van der Waals surface area contributed by atoms with Gasteiger partial charge in [-0.15, -0.1) is 0 Å². The van der Waals surface area contributed by atoms with E-state index in [4.69, 9.17) is 10.5 Å². The van der Waals surface area contributed by atoms with E-state index in [1.54, 1.807) is 28.6 Å². The first-order valence-electron chi connectivity index (χ1n) is 6.21. The van der Waals surface area contributed by atoms with Gasteiger partial charge in [0, 0.05) is 11.9 Å². The van der Waals surface area contributed by atoms with E-state index in [0.717, 1.165) is 0 Å². The highest BCUT2D eigenvalue weighted by Crippen LogP contribution is 2.33. The second kappa shape index (κ2) is 5.21. The fraction of sp³-hybridized carbons (Fsp3) is 0.500. The quantitative estimate of drug-likeness (QED) is 0.731. The van der Waals surface area contributed by atoms with Crippen LogP contribution in [-0.4, -0.2) is 55.1 Å². The summed E-state index contributed by atoms with van der Waals surface area (Å²) in [7, 11) is 0. The summed E-state index contributed by atoms with van der Waals surface area (Å²) in [6, 6.07) is 1.77. The average Bonchev–Trinajstić information content (AvgIpc) is 2.97. The maximum Gasteiger partial charge on any atom is 0.164 e. The first-order valence-corrected chi connectivity index (χ1v) is 7.60. The number of aromatic nitrogens is 3. The van der Waals surface area contributed by atoms with Crippen molar-refractivity contribution < 1.29 is 14.9 Å². The molecule has 2 aromatic heterocycles. The largest absolute Gasteiger partial charge is 0.387 e. The summed E-state index contributed by atoms with van der Waals surface area (Å²) in [4.78, 5) is 8.09. The minimum absolute atomic E-state index is 0.377. The lowest BCUT2D eigenvalue weighted by atomic mass is 10.1. The third kappa shape index (κ3) is 2.05. The SMILES string of the molecule is CSC[C@H]1O[C@@H](n2ccc3c(N)ncnc32)[C@H](O)[C@@H]1O. The molecule has 0 saturated carbocycles. The lowest BCUT2D eigenvalue weighted by molar-refractivity contribution is -0.0285. The van der Waals surface area contributed by atoms with E-state index in [-0.39, 0.29) is 0 Å². The van der Waals surface area contributed by atoms with Gasteiger partial charge >= 0.3 is 0 Å². The summed E-state index contributed by atoms with van der Waals surface area (Å²) in [6.07, 6.45) is 2.04. The molecule has 0 aromatic carbocycles. The van der Waals surface area contributed by atoms with Crippen molar-refractivity contribution in [2.45, 2.75) is 24.5 Å². The van der Waals surface area contributed by atoms with Crippen LogP contribution in [0.5, 0.6) is 0 Å². The van der Waals surface area contributed by atoms with Gasteiger partial charge in [-0.2, -0.15) is 11.8 Å². The molecule has 0 spiro atoms. The normalized spacial score (nSPS) is 30.1. The molecule has 1 aliphatic rings. The van der Waals surface area contributed by atoms with Gasteiger partial charge in [0.2, 0.25) is 0 Å². The summed E-state index contributed by atoms with van der Waals surface area (Å²) in [5.74, 6) is 0.993. The molecule has 0 radical (unpaired) electrons. The molecule has 7 nitrogen and oxygen atoms in total. The van der Waals surface area contributed by atoms with Gasteiger partial charge in [-0.1, -0.05) is 0 Å². The fourth-order valence-corrected chi connectivity index (χ4v) is 3.06. The van der Waals surface area contributed by atoms with Gasteiger partial charge in [0.1, 0.15) is 30.0 Å². The molecule has 1 saturated heterocycles. The number of nitrogen functional groups attached to an aromatic ring is 1. The van der Waals surface area contributed by atoms with E-state index < -0.39 is 24.5 Å². The third-order valence-corrected chi connectivity index (χ3v) is 4.14. The van der Waals surface area contributed by atoms with Crippen molar-refractivity contribution in [3.8, 4) is 0 Å². The number of aliphatic hydroxyl groups excluding tert-OH is 2.